The third-order valence-electron chi connectivity index (χ3n) is 8.18. The van der Waals surface area contributed by atoms with Crippen molar-refractivity contribution >= 4 is 45.2 Å². The van der Waals surface area contributed by atoms with Gasteiger partial charge in [-0.3, -0.25) is 0 Å². The second-order valence-electron chi connectivity index (χ2n) is 11.1. The van der Waals surface area contributed by atoms with Crippen LogP contribution in [0.5, 0.6) is 0 Å². The number of benzene rings is 7. The van der Waals surface area contributed by atoms with Gasteiger partial charge in [0.25, 0.3) is 0 Å². The molecule has 0 aliphatic heterocycles. The normalized spacial score (nSPS) is 11.0. The van der Waals surface area contributed by atoms with E-state index in [0.717, 1.165) is 58.9 Å². The van der Waals surface area contributed by atoms with Gasteiger partial charge < -0.3 is 0 Å². The topological polar surface area (TPSA) is 0 Å². The van der Waals surface area contributed by atoms with Crippen molar-refractivity contribution in [1.82, 2.24) is 0 Å². The van der Waals surface area contributed by atoms with E-state index in [1.165, 1.54) is 22.3 Å². The second-order valence-corrected chi connectivity index (χ2v) is 12.8. The Morgan fingerprint density at radius 3 is 0.978 bits per heavy atom. The third kappa shape index (κ3) is 6.24. The van der Waals surface area contributed by atoms with E-state index >= 15 is 0 Å². The highest BCUT2D eigenvalue weighted by molar-refractivity contribution is 9.11. The highest BCUT2D eigenvalue weighted by Gasteiger charge is 2.14. The van der Waals surface area contributed by atoms with E-state index in [-0.39, 0.29) is 0 Å². The van der Waals surface area contributed by atoms with Crippen LogP contribution in [-0.4, -0.2) is 7.85 Å². The van der Waals surface area contributed by atoms with Crippen molar-refractivity contribution in [2.75, 3.05) is 0 Å². The maximum atomic E-state index is 6.78. The summed E-state index contributed by atoms with van der Waals surface area (Å²) >= 11 is 7.82. The van der Waals surface area contributed by atoms with Crippen molar-refractivity contribution < 1.29 is 0 Å². The molecule has 0 spiro atoms. The van der Waals surface area contributed by atoms with Crippen molar-refractivity contribution in [1.29, 1.82) is 0 Å². The van der Waals surface area contributed by atoms with Crippen molar-refractivity contribution in [3.8, 4) is 66.8 Å². The number of halogens is 2. The third-order valence-corrected chi connectivity index (χ3v) is 9.49. The first kappa shape index (κ1) is 29.3. The minimum atomic E-state index is 0.747. The molecule has 7 aromatic rings. The molecule has 2 radical (unpaired) electrons. The van der Waals surface area contributed by atoms with Gasteiger partial charge in [-0.1, -0.05) is 171 Å². The highest BCUT2D eigenvalue weighted by atomic mass is 79.9. The molecule has 0 nitrogen and oxygen atoms in total. The largest absolute Gasteiger partial charge is 0.114 e. The first-order chi connectivity index (χ1) is 22.0. The van der Waals surface area contributed by atoms with Crippen LogP contribution in [0.2, 0.25) is 0 Å². The summed E-state index contributed by atoms with van der Waals surface area (Å²) in [6.45, 7) is 0. The summed E-state index contributed by atoms with van der Waals surface area (Å²) in [6, 6.07) is 57.6. The van der Waals surface area contributed by atoms with Gasteiger partial charge in [-0.25, -0.2) is 0 Å². The fraction of sp³-hybridized carbons (Fsp3) is 0. The van der Waals surface area contributed by atoms with Gasteiger partial charge in [0, 0.05) is 8.95 Å². The zero-order chi connectivity index (χ0) is 30.8. The molecule has 0 unspecified atom stereocenters. The summed E-state index contributed by atoms with van der Waals surface area (Å²) in [4.78, 5) is 0. The Bertz CT molecular complexity index is 1860. The van der Waals surface area contributed by atoms with Gasteiger partial charge in [0.1, 0.15) is 7.85 Å². The molecule has 7 aromatic carbocycles. The summed E-state index contributed by atoms with van der Waals surface area (Å²) in [5.41, 5.74) is 14.2. The Morgan fingerprint density at radius 2 is 0.622 bits per heavy atom. The van der Waals surface area contributed by atoms with Crippen LogP contribution in [-0.2, 0) is 0 Å². The molecule has 0 saturated carbocycles. The molecule has 0 heterocycles. The Kier molecular flexibility index (Phi) is 8.39. The smallest absolute Gasteiger partial charge is 0.0884 e. The van der Waals surface area contributed by atoms with Crippen LogP contribution >= 0.6 is 31.9 Å². The Morgan fingerprint density at radius 1 is 0.289 bits per heavy atom. The van der Waals surface area contributed by atoms with Gasteiger partial charge in [-0.2, -0.15) is 0 Å². The SMILES string of the molecule is [B]c1cc(-c2ccccc2)ccc1-c1cc(-c2ccc(-c3ccccc3)cc2Br)cc(-c2ccc(-c3ccccc3)cc2Br)c1. The standard InChI is InChI=1S/C42H27BBr2/c43-40-25-31(28-10-4-1-5-11-28)16-19-37(40)34-22-35(38-20-17-32(26-41(38)44)29-12-6-2-7-13-29)24-36(23-34)39-21-18-33(27-42(39)45)30-14-8-3-9-15-30/h1-27H. The molecule has 0 amide bonds. The monoisotopic (exact) mass is 700 g/mol. The van der Waals surface area contributed by atoms with Gasteiger partial charge in [0.15, 0.2) is 0 Å². The number of hydrogen-bond donors (Lipinski definition) is 0. The first-order valence-corrected chi connectivity index (χ1v) is 16.4. The van der Waals surface area contributed by atoms with Gasteiger partial charge in [0.05, 0.1) is 0 Å². The van der Waals surface area contributed by atoms with Crippen LogP contribution in [0.25, 0.3) is 66.8 Å². The Labute approximate surface area is 283 Å². The zero-order valence-electron chi connectivity index (χ0n) is 24.4. The molecule has 7 rings (SSSR count). The molecule has 3 heteroatoms. The summed E-state index contributed by atoms with van der Waals surface area (Å²) in [5, 5.41) is 0. The molecule has 0 fully saturated rings. The molecule has 0 aliphatic carbocycles. The van der Waals surface area contributed by atoms with Crippen molar-refractivity contribution in [3.63, 3.8) is 0 Å². The van der Waals surface area contributed by atoms with Crippen molar-refractivity contribution in [2.45, 2.75) is 0 Å². The van der Waals surface area contributed by atoms with E-state index < -0.39 is 0 Å². The Hall–Kier alpha value is -4.44. The van der Waals surface area contributed by atoms with E-state index in [2.05, 4.69) is 177 Å². The van der Waals surface area contributed by atoms with Gasteiger partial charge in [-0.15, -0.1) is 0 Å². The zero-order valence-corrected chi connectivity index (χ0v) is 27.6. The van der Waals surface area contributed by atoms with Crippen LogP contribution < -0.4 is 5.46 Å². The van der Waals surface area contributed by atoms with Crippen LogP contribution in [0, 0.1) is 0 Å². The van der Waals surface area contributed by atoms with Gasteiger partial charge in [-0.05, 0) is 97.1 Å². The van der Waals surface area contributed by atoms with E-state index in [9.17, 15) is 0 Å². The van der Waals surface area contributed by atoms with E-state index in [1.807, 2.05) is 18.2 Å². The molecule has 0 bridgehead atoms. The Balaban J connectivity index is 1.36. The minimum absolute atomic E-state index is 0.747. The molecular weight excluding hydrogens is 675 g/mol. The molecule has 0 N–H and O–H groups in total. The molecule has 0 atom stereocenters. The van der Waals surface area contributed by atoms with Gasteiger partial charge in [0.2, 0.25) is 0 Å². The van der Waals surface area contributed by atoms with Gasteiger partial charge >= 0.3 is 0 Å². The van der Waals surface area contributed by atoms with Crippen LogP contribution in [0.15, 0.2) is 173 Å². The molecule has 0 saturated heterocycles. The lowest BCUT2D eigenvalue weighted by molar-refractivity contribution is 1.53. The number of rotatable bonds is 6. The summed E-state index contributed by atoms with van der Waals surface area (Å²) in [7, 11) is 6.78. The first-order valence-electron chi connectivity index (χ1n) is 14.8. The van der Waals surface area contributed by atoms with Crippen molar-refractivity contribution in [2.24, 2.45) is 0 Å². The van der Waals surface area contributed by atoms with Crippen LogP contribution in [0.1, 0.15) is 0 Å². The van der Waals surface area contributed by atoms with E-state index in [0.29, 0.717) is 0 Å². The molecule has 212 valence electrons. The van der Waals surface area contributed by atoms with Crippen LogP contribution in [0.4, 0.5) is 0 Å². The molecule has 0 aromatic heterocycles. The van der Waals surface area contributed by atoms with Crippen LogP contribution in [0.3, 0.4) is 0 Å². The molecule has 0 aliphatic rings. The van der Waals surface area contributed by atoms with E-state index in [4.69, 9.17) is 7.85 Å². The lowest BCUT2D eigenvalue weighted by atomic mass is 9.83. The fourth-order valence-corrected chi connectivity index (χ4v) is 7.06. The lowest BCUT2D eigenvalue weighted by Gasteiger charge is -2.16. The molecule has 45 heavy (non-hydrogen) atoms. The summed E-state index contributed by atoms with van der Waals surface area (Å²) in [5.74, 6) is 0. The maximum Gasteiger partial charge on any atom is 0.114 e. The minimum Gasteiger partial charge on any atom is -0.0884 e. The number of hydrogen-bond acceptors (Lipinski definition) is 0. The average molecular weight is 702 g/mol. The quantitative estimate of drug-likeness (QED) is 0.151. The fourth-order valence-electron chi connectivity index (χ4n) is 5.85. The average Bonchev–Trinajstić information content (AvgIpc) is 3.09. The summed E-state index contributed by atoms with van der Waals surface area (Å²) < 4.78 is 2.08. The van der Waals surface area contributed by atoms with Crippen molar-refractivity contribution in [3.05, 3.63) is 173 Å². The predicted octanol–water partition coefficient (Wildman–Crippen LogP) is 12.0. The molecular formula is C42H27BBr2. The maximum absolute atomic E-state index is 6.78. The second kappa shape index (κ2) is 12.9. The van der Waals surface area contributed by atoms with E-state index in [1.54, 1.807) is 0 Å². The predicted molar refractivity (Wildman–Crippen MR) is 200 cm³/mol. The lowest BCUT2D eigenvalue weighted by Crippen LogP contribution is -2.07. The highest BCUT2D eigenvalue weighted by Crippen LogP contribution is 2.40. The summed E-state index contributed by atoms with van der Waals surface area (Å²) in [6.07, 6.45) is 0.